The highest BCUT2D eigenvalue weighted by atomic mass is 19.1. The van der Waals surface area contributed by atoms with Gasteiger partial charge in [-0.3, -0.25) is 0 Å². The van der Waals surface area contributed by atoms with Crippen molar-refractivity contribution in [3.63, 3.8) is 0 Å². The van der Waals surface area contributed by atoms with E-state index in [1.807, 2.05) is 49.4 Å². The summed E-state index contributed by atoms with van der Waals surface area (Å²) in [4.78, 5) is 0. The summed E-state index contributed by atoms with van der Waals surface area (Å²) in [6.45, 7) is 5.57. The van der Waals surface area contributed by atoms with Gasteiger partial charge < -0.3 is 9.84 Å². The van der Waals surface area contributed by atoms with Crippen LogP contribution in [-0.2, 0) is 6.42 Å². The first-order chi connectivity index (χ1) is 15.5. The molecule has 32 heavy (non-hydrogen) atoms. The number of fused-ring (bicyclic) bond motifs is 1. The van der Waals surface area contributed by atoms with Gasteiger partial charge in [-0.15, -0.1) is 0 Å². The van der Waals surface area contributed by atoms with Crippen molar-refractivity contribution in [3.05, 3.63) is 101 Å². The van der Waals surface area contributed by atoms with Crippen LogP contribution in [0.15, 0.2) is 66.9 Å². The molecular formula is C28H24FNO2. The summed E-state index contributed by atoms with van der Waals surface area (Å²) in [7, 11) is 0. The van der Waals surface area contributed by atoms with E-state index in [-0.39, 0.29) is 23.6 Å². The van der Waals surface area contributed by atoms with Crippen LogP contribution in [0, 0.1) is 30.0 Å². The monoisotopic (exact) mass is 425 g/mol. The number of hydrogen-bond donors (Lipinski definition) is 1. The van der Waals surface area contributed by atoms with Crippen LogP contribution in [0.25, 0.3) is 11.1 Å². The molecule has 1 saturated carbocycles. The number of halogens is 1. The van der Waals surface area contributed by atoms with E-state index in [2.05, 4.69) is 12.6 Å². The van der Waals surface area contributed by atoms with Crippen molar-refractivity contribution in [1.82, 2.24) is 0 Å². The zero-order valence-corrected chi connectivity index (χ0v) is 17.9. The summed E-state index contributed by atoms with van der Waals surface area (Å²) in [5.41, 5.74) is 6.23. The maximum atomic E-state index is 14.9. The van der Waals surface area contributed by atoms with Crippen LogP contribution in [-0.4, -0.2) is 5.11 Å². The molecule has 0 saturated heterocycles. The molecule has 0 heterocycles. The molecule has 0 unspecified atom stereocenters. The maximum Gasteiger partial charge on any atom is 0.130 e. The largest absolute Gasteiger partial charge is 0.513 e. The molecule has 160 valence electrons. The van der Waals surface area contributed by atoms with E-state index >= 15 is 0 Å². The molecule has 2 aliphatic rings. The fourth-order valence-corrected chi connectivity index (χ4v) is 4.98. The number of aliphatic hydroxyl groups is 1. The SMILES string of the molecule is C=C(O)[C@H]1C[C@@H]1c1ccc(O[C@@H]2CCc3c(-c4cccc(C#N)c4C)ccc(F)c32)cc1. The Morgan fingerprint density at radius 1 is 1.12 bits per heavy atom. The second-order valence-corrected chi connectivity index (χ2v) is 8.73. The highest BCUT2D eigenvalue weighted by Crippen LogP contribution is 2.51. The van der Waals surface area contributed by atoms with Gasteiger partial charge in [-0.05, 0) is 84.2 Å². The number of aliphatic hydroxyl groups excluding tert-OH is 1. The Balaban J connectivity index is 1.42. The molecule has 0 aliphatic heterocycles. The zero-order chi connectivity index (χ0) is 22.4. The van der Waals surface area contributed by atoms with Gasteiger partial charge in [-0.25, -0.2) is 4.39 Å². The molecule has 3 aromatic rings. The second-order valence-electron chi connectivity index (χ2n) is 8.73. The van der Waals surface area contributed by atoms with Gasteiger partial charge in [-0.1, -0.05) is 36.9 Å². The van der Waals surface area contributed by atoms with Gasteiger partial charge in [0.25, 0.3) is 0 Å². The molecule has 3 nitrogen and oxygen atoms in total. The van der Waals surface area contributed by atoms with Gasteiger partial charge in [0, 0.05) is 11.5 Å². The highest BCUT2D eigenvalue weighted by Gasteiger charge is 2.40. The average molecular weight is 426 g/mol. The minimum atomic E-state index is -0.346. The van der Waals surface area contributed by atoms with Gasteiger partial charge in [0.2, 0.25) is 0 Å². The van der Waals surface area contributed by atoms with Crippen LogP contribution in [0.1, 0.15) is 52.7 Å². The standard InChI is InChI=1S/C28H24FNO2/c1-16-19(15-30)4-3-5-21(16)22-10-12-26(29)28-23(22)11-13-27(28)32-20-8-6-18(7-9-20)25-14-24(25)17(2)31/h3-10,12,24-25,27,31H,2,11,13-14H2,1H3/t24-,25-,27-/m1/s1. The zero-order valence-electron chi connectivity index (χ0n) is 17.9. The number of nitriles is 1. The van der Waals surface area contributed by atoms with Crippen molar-refractivity contribution >= 4 is 0 Å². The van der Waals surface area contributed by atoms with Crippen molar-refractivity contribution in [2.45, 2.75) is 38.2 Å². The van der Waals surface area contributed by atoms with Gasteiger partial charge in [0.15, 0.2) is 0 Å². The third kappa shape index (κ3) is 3.44. The van der Waals surface area contributed by atoms with E-state index in [4.69, 9.17) is 4.74 Å². The number of allylic oxidation sites excluding steroid dienone is 1. The lowest BCUT2D eigenvalue weighted by Crippen LogP contribution is -2.06. The molecular weight excluding hydrogens is 401 g/mol. The first-order valence-electron chi connectivity index (χ1n) is 10.9. The van der Waals surface area contributed by atoms with E-state index in [9.17, 15) is 14.8 Å². The highest BCUT2D eigenvalue weighted by molar-refractivity contribution is 5.74. The molecule has 0 aromatic heterocycles. The van der Waals surface area contributed by atoms with Crippen LogP contribution >= 0.6 is 0 Å². The summed E-state index contributed by atoms with van der Waals surface area (Å²) in [6, 6.07) is 19.1. The lowest BCUT2D eigenvalue weighted by molar-refractivity contribution is 0.203. The Hall–Kier alpha value is -3.58. The fraction of sp³-hybridized carbons (Fsp3) is 0.250. The molecule has 0 spiro atoms. The second kappa shape index (κ2) is 7.84. The Morgan fingerprint density at radius 3 is 2.59 bits per heavy atom. The average Bonchev–Trinajstić information content (AvgIpc) is 3.49. The van der Waals surface area contributed by atoms with Gasteiger partial charge in [-0.2, -0.15) is 5.26 Å². The molecule has 1 N–H and O–H groups in total. The Morgan fingerprint density at radius 2 is 1.91 bits per heavy atom. The first kappa shape index (κ1) is 20.3. The third-order valence-electron chi connectivity index (χ3n) is 6.83. The fourth-order valence-electron chi connectivity index (χ4n) is 4.98. The van der Waals surface area contributed by atoms with Crippen molar-refractivity contribution < 1.29 is 14.2 Å². The lowest BCUT2D eigenvalue weighted by atomic mass is 9.91. The van der Waals surface area contributed by atoms with Gasteiger partial charge in [0.05, 0.1) is 17.4 Å². The topological polar surface area (TPSA) is 53.2 Å². The number of nitrogens with zero attached hydrogens (tertiary/aromatic N) is 1. The summed E-state index contributed by atoms with van der Waals surface area (Å²) < 4.78 is 21.1. The van der Waals surface area contributed by atoms with Crippen molar-refractivity contribution in [2.24, 2.45) is 5.92 Å². The quantitative estimate of drug-likeness (QED) is 0.452. The van der Waals surface area contributed by atoms with Crippen LogP contribution < -0.4 is 4.74 Å². The van der Waals surface area contributed by atoms with Gasteiger partial charge in [0.1, 0.15) is 17.7 Å². The Bertz CT molecular complexity index is 1260. The lowest BCUT2D eigenvalue weighted by Gasteiger charge is -2.17. The maximum absolute atomic E-state index is 14.9. The van der Waals surface area contributed by atoms with E-state index < -0.39 is 0 Å². The molecule has 4 heteroatoms. The van der Waals surface area contributed by atoms with Crippen LogP contribution in [0.3, 0.4) is 0 Å². The predicted octanol–water partition coefficient (Wildman–Crippen LogP) is 6.91. The summed E-state index contributed by atoms with van der Waals surface area (Å²) >= 11 is 0. The van der Waals surface area contributed by atoms with E-state index in [1.54, 1.807) is 6.07 Å². The molecule has 0 amide bonds. The minimum absolute atomic E-state index is 0.152. The number of rotatable bonds is 5. The van der Waals surface area contributed by atoms with Crippen LogP contribution in [0.5, 0.6) is 5.75 Å². The van der Waals surface area contributed by atoms with E-state index in [0.717, 1.165) is 40.7 Å². The van der Waals surface area contributed by atoms with Crippen LogP contribution in [0.4, 0.5) is 4.39 Å². The molecule has 3 atom stereocenters. The third-order valence-corrected chi connectivity index (χ3v) is 6.83. The summed E-state index contributed by atoms with van der Waals surface area (Å²) in [6.07, 6.45) is 2.01. The smallest absolute Gasteiger partial charge is 0.130 e. The van der Waals surface area contributed by atoms with E-state index in [1.165, 1.54) is 6.07 Å². The Labute approximate surface area is 187 Å². The molecule has 1 fully saturated rings. The summed E-state index contributed by atoms with van der Waals surface area (Å²) in [5.74, 6) is 1.18. The Kier molecular flexibility index (Phi) is 4.98. The molecule has 0 bridgehead atoms. The predicted molar refractivity (Wildman–Crippen MR) is 122 cm³/mol. The van der Waals surface area contributed by atoms with Crippen LogP contribution in [0.2, 0.25) is 0 Å². The molecule has 3 aromatic carbocycles. The minimum Gasteiger partial charge on any atom is -0.513 e. The molecule has 0 radical (unpaired) electrons. The van der Waals surface area contributed by atoms with Crippen molar-refractivity contribution in [3.8, 4) is 22.9 Å². The van der Waals surface area contributed by atoms with E-state index in [0.29, 0.717) is 29.2 Å². The normalized spacial score (nSPS) is 21.0. The molecule has 2 aliphatic carbocycles. The van der Waals surface area contributed by atoms with Crippen molar-refractivity contribution in [2.75, 3.05) is 0 Å². The van der Waals surface area contributed by atoms with Gasteiger partial charge >= 0.3 is 0 Å². The molecule has 5 rings (SSSR count). The number of benzene rings is 3. The summed E-state index contributed by atoms with van der Waals surface area (Å²) in [5, 5.41) is 19.0. The number of hydrogen-bond acceptors (Lipinski definition) is 3. The number of ether oxygens (including phenoxy) is 1. The van der Waals surface area contributed by atoms with Crippen molar-refractivity contribution in [1.29, 1.82) is 5.26 Å². The first-order valence-corrected chi connectivity index (χ1v) is 10.9.